The summed E-state index contributed by atoms with van der Waals surface area (Å²) in [4.78, 5) is 6.44. The Labute approximate surface area is 157 Å². The Hall–Kier alpha value is -2.37. The number of aromatic nitrogens is 1. The molecule has 5 rings (SSSR count). The zero-order chi connectivity index (χ0) is 17.6. The highest BCUT2D eigenvalue weighted by Crippen LogP contribution is 2.55. The molecule has 1 aliphatic heterocycles. The summed E-state index contributed by atoms with van der Waals surface area (Å²) in [7, 11) is 0. The predicted molar refractivity (Wildman–Crippen MR) is 108 cm³/mol. The van der Waals surface area contributed by atoms with Gasteiger partial charge in [-0.15, -0.1) is 11.3 Å². The largest absolute Gasteiger partial charge is 0.397 e. The van der Waals surface area contributed by atoms with Crippen LogP contribution in [0.2, 0.25) is 0 Å². The number of nitrogen functional groups attached to an aromatic ring is 1. The molecule has 0 radical (unpaired) electrons. The average Bonchev–Trinajstić information content (AvgIpc) is 3.36. The van der Waals surface area contributed by atoms with E-state index in [0.29, 0.717) is 0 Å². The van der Waals surface area contributed by atoms with Gasteiger partial charge in [-0.2, -0.15) is 0 Å². The third kappa shape index (κ3) is 2.68. The van der Waals surface area contributed by atoms with Crippen LogP contribution < -0.4 is 16.4 Å². The van der Waals surface area contributed by atoms with Crippen molar-refractivity contribution in [1.29, 1.82) is 0 Å². The highest BCUT2D eigenvalue weighted by atomic mass is 32.1. The Morgan fingerprint density at radius 2 is 1.88 bits per heavy atom. The second-order valence-electron chi connectivity index (χ2n) is 7.19. The van der Waals surface area contributed by atoms with E-state index in [2.05, 4.69) is 34.9 Å². The van der Waals surface area contributed by atoms with Crippen LogP contribution in [0.15, 0.2) is 48.5 Å². The molecule has 26 heavy (non-hydrogen) atoms. The maximum atomic E-state index is 6.03. The summed E-state index contributed by atoms with van der Waals surface area (Å²) < 4.78 is 0. The fourth-order valence-corrected chi connectivity index (χ4v) is 5.07. The standard InChI is InChI=1S/C21H22N4S/c22-16-3-1-2-4-17(16)24-15-7-5-14(6-8-15)21(10-11-21)20-25-18-9-12-23-13-19(18)26-20/h1-8,23-24H,9-13,22H2. The number of fused-ring (bicyclic) bond motifs is 1. The Kier molecular flexibility index (Phi) is 3.72. The maximum Gasteiger partial charge on any atom is 0.104 e. The minimum atomic E-state index is 0.145. The number of nitrogens with two attached hydrogens (primary N) is 1. The van der Waals surface area contributed by atoms with Gasteiger partial charge in [0, 0.05) is 35.5 Å². The van der Waals surface area contributed by atoms with E-state index in [0.717, 1.165) is 36.6 Å². The first-order chi connectivity index (χ1) is 12.7. The van der Waals surface area contributed by atoms with Crippen LogP contribution in [0, 0.1) is 0 Å². The Bertz CT molecular complexity index is 917. The van der Waals surface area contributed by atoms with Crippen molar-refractivity contribution in [2.75, 3.05) is 17.6 Å². The zero-order valence-corrected chi connectivity index (χ0v) is 15.4. The van der Waals surface area contributed by atoms with Crippen LogP contribution in [0.1, 0.15) is 34.0 Å². The van der Waals surface area contributed by atoms with E-state index in [1.165, 1.54) is 34.0 Å². The number of thiazole rings is 1. The van der Waals surface area contributed by atoms with Gasteiger partial charge in [0.15, 0.2) is 0 Å². The fraction of sp³-hybridized carbons (Fsp3) is 0.286. The van der Waals surface area contributed by atoms with Crippen LogP contribution in [0.3, 0.4) is 0 Å². The third-order valence-electron chi connectivity index (χ3n) is 5.44. The molecule has 0 unspecified atom stereocenters. The highest BCUT2D eigenvalue weighted by Gasteiger charge is 2.48. The summed E-state index contributed by atoms with van der Waals surface area (Å²) in [5.41, 5.74) is 11.6. The molecule has 4 nitrogen and oxygen atoms in total. The molecule has 1 fully saturated rings. The van der Waals surface area contributed by atoms with Gasteiger partial charge in [0.2, 0.25) is 0 Å². The normalized spacial score (nSPS) is 17.5. The number of anilines is 3. The van der Waals surface area contributed by atoms with E-state index < -0.39 is 0 Å². The van der Waals surface area contributed by atoms with Crippen molar-refractivity contribution in [3.63, 3.8) is 0 Å². The van der Waals surface area contributed by atoms with Gasteiger partial charge in [-0.25, -0.2) is 4.98 Å². The van der Waals surface area contributed by atoms with E-state index in [9.17, 15) is 0 Å². The summed E-state index contributed by atoms with van der Waals surface area (Å²) >= 11 is 1.90. The van der Waals surface area contributed by atoms with E-state index in [1.807, 2.05) is 35.6 Å². The van der Waals surface area contributed by atoms with E-state index in [1.54, 1.807) is 0 Å². The fourth-order valence-electron chi connectivity index (χ4n) is 3.72. The van der Waals surface area contributed by atoms with Crippen molar-refractivity contribution < 1.29 is 0 Å². The van der Waals surface area contributed by atoms with Crippen molar-refractivity contribution >= 4 is 28.4 Å². The van der Waals surface area contributed by atoms with Crippen LogP contribution in [0.5, 0.6) is 0 Å². The number of rotatable bonds is 4. The van der Waals surface area contributed by atoms with Crippen LogP contribution >= 0.6 is 11.3 Å². The number of nitrogens with one attached hydrogen (secondary N) is 2. The van der Waals surface area contributed by atoms with Crippen LogP contribution in [0.25, 0.3) is 0 Å². The first kappa shape index (κ1) is 15.9. The van der Waals surface area contributed by atoms with Crippen molar-refractivity contribution in [1.82, 2.24) is 10.3 Å². The topological polar surface area (TPSA) is 63.0 Å². The average molecular weight is 363 g/mol. The second-order valence-corrected chi connectivity index (χ2v) is 8.27. The monoisotopic (exact) mass is 362 g/mol. The first-order valence-corrected chi connectivity index (χ1v) is 9.98. The predicted octanol–water partition coefficient (Wildman–Crippen LogP) is 4.19. The molecular weight excluding hydrogens is 340 g/mol. The van der Waals surface area contributed by atoms with Crippen molar-refractivity contribution in [3.8, 4) is 0 Å². The van der Waals surface area contributed by atoms with Crippen molar-refractivity contribution in [2.45, 2.75) is 31.2 Å². The maximum absolute atomic E-state index is 6.03. The van der Waals surface area contributed by atoms with Gasteiger partial charge in [-0.05, 0) is 42.7 Å². The molecule has 0 atom stereocenters. The summed E-state index contributed by atoms with van der Waals surface area (Å²) in [5.74, 6) is 0. The van der Waals surface area contributed by atoms with E-state index >= 15 is 0 Å². The minimum Gasteiger partial charge on any atom is -0.397 e. The lowest BCUT2D eigenvalue weighted by atomic mass is 9.96. The Morgan fingerprint density at radius 1 is 1.08 bits per heavy atom. The molecule has 3 aromatic rings. The number of para-hydroxylation sites is 2. The molecule has 0 amide bonds. The van der Waals surface area contributed by atoms with E-state index in [-0.39, 0.29) is 5.41 Å². The molecule has 2 aromatic carbocycles. The Morgan fingerprint density at radius 3 is 2.62 bits per heavy atom. The quantitative estimate of drug-likeness (QED) is 0.609. The summed E-state index contributed by atoms with van der Waals surface area (Å²) in [5, 5.41) is 8.16. The van der Waals surface area contributed by atoms with Gasteiger partial charge < -0.3 is 16.4 Å². The van der Waals surface area contributed by atoms with Gasteiger partial charge in [0.1, 0.15) is 5.01 Å². The van der Waals surface area contributed by atoms with Gasteiger partial charge in [0.05, 0.1) is 17.1 Å². The molecule has 0 saturated heterocycles. The van der Waals surface area contributed by atoms with Gasteiger partial charge >= 0.3 is 0 Å². The molecule has 1 saturated carbocycles. The number of hydrogen-bond acceptors (Lipinski definition) is 5. The molecule has 1 aromatic heterocycles. The highest BCUT2D eigenvalue weighted by molar-refractivity contribution is 7.12. The van der Waals surface area contributed by atoms with Gasteiger partial charge in [-0.3, -0.25) is 0 Å². The molecule has 0 spiro atoms. The second kappa shape index (κ2) is 6.11. The zero-order valence-electron chi connectivity index (χ0n) is 14.6. The summed E-state index contributed by atoms with van der Waals surface area (Å²) in [6, 6.07) is 16.6. The molecular formula is C21H22N4S. The molecule has 1 aliphatic carbocycles. The van der Waals surface area contributed by atoms with Crippen LogP contribution in [0.4, 0.5) is 17.1 Å². The lowest BCUT2D eigenvalue weighted by molar-refractivity contribution is 0.641. The van der Waals surface area contributed by atoms with Gasteiger partial charge in [0.25, 0.3) is 0 Å². The van der Waals surface area contributed by atoms with Crippen LogP contribution in [-0.2, 0) is 18.4 Å². The third-order valence-corrected chi connectivity index (χ3v) is 6.74. The van der Waals surface area contributed by atoms with Crippen molar-refractivity contribution in [2.24, 2.45) is 0 Å². The molecule has 2 aliphatic rings. The minimum absolute atomic E-state index is 0.145. The van der Waals surface area contributed by atoms with Crippen LogP contribution in [-0.4, -0.2) is 11.5 Å². The number of nitrogens with zero attached hydrogens (tertiary/aromatic N) is 1. The lowest BCUT2D eigenvalue weighted by Gasteiger charge is -2.14. The molecule has 4 N–H and O–H groups in total. The Balaban J connectivity index is 1.40. The van der Waals surface area contributed by atoms with Gasteiger partial charge in [-0.1, -0.05) is 24.3 Å². The first-order valence-electron chi connectivity index (χ1n) is 9.16. The molecule has 2 heterocycles. The lowest BCUT2D eigenvalue weighted by Crippen LogP contribution is -2.22. The van der Waals surface area contributed by atoms with Crippen molar-refractivity contribution in [3.05, 3.63) is 69.7 Å². The number of benzene rings is 2. The smallest absolute Gasteiger partial charge is 0.104 e. The summed E-state index contributed by atoms with van der Waals surface area (Å²) in [6.45, 7) is 2.02. The SMILES string of the molecule is Nc1ccccc1Nc1ccc(C2(c3nc4c(s3)CNCC4)CC2)cc1. The van der Waals surface area contributed by atoms with E-state index in [4.69, 9.17) is 10.7 Å². The molecule has 132 valence electrons. The molecule has 5 heteroatoms. The number of hydrogen-bond donors (Lipinski definition) is 3. The molecule has 0 bridgehead atoms. The summed E-state index contributed by atoms with van der Waals surface area (Å²) in [6.07, 6.45) is 3.46.